The number of benzene rings is 1. The number of aromatic nitrogens is 2. The van der Waals surface area contributed by atoms with E-state index in [-0.39, 0.29) is 30.5 Å². The molecule has 0 atom stereocenters. The van der Waals surface area contributed by atoms with Crippen LogP contribution in [0.4, 0.5) is 30.6 Å². The molecule has 144 valence electrons. The van der Waals surface area contributed by atoms with Gasteiger partial charge in [-0.3, -0.25) is 4.79 Å². The average Bonchev–Trinajstić information content (AvgIpc) is 2.58. The molecule has 0 fully saturated rings. The Kier molecular flexibility index (Phi) is 6.16. The fourth-order valence-corrected chi connectivity index (χ4v) is 2.03. The zero-order valence-electron chi connectivity index (χ0n) is 14.1. The van der Waals surface area contributed by atoms with Gasteiger partial charge in [0.15, 0.2) is 0 Å². The molecule has 0 radical (unpaired) electrons. The molecule has 1 aromatic heterocycles. The molecule has 2 rings (SSSR count). The van der Waals surface area contributed by atoms with Gasteiger partial charge in [0, 0.05) is 31.9 Å². The topological polar surface area (TPSA) is 116 Å². The molecule has 8 nitrogen and oxygen atoms in total. The molecule has 0 unspecified atom stereocenters. The van der Waals surface area contributed by atoms with E-state index in [2.05, 4.69) is 25.9 Å². The molecule has 0 saturated heterocycles. The zero-order valence-corrected chi connectivity index (χ0v) is 14.1. The molecular weight excluding hydrogens is 367 g/mol. The number of alkyl halides is 3. The van der Waals surface area contributed by atoms with Gasteiger partial charge >= 0.3 is 12.1 Å². The quantitative estimate of drug-likeness (QED) is 0.543. The van der Waals surface area contributed by atoms with Crippen molar-refractivity contribution in [2.24, 2.45) is 0 Å². The lowest BCUT2D eigenvalue weighted by Gasteiger charge is -2.15. The first kappa shape index (κ1) is 19.9. The van der Waals surface area contributed by atoms with Crippen molar-refractivity contribution in [3.8, 4) is 0 Å². The first-order chi connectivity index (χ1) is 12.7. The van der Waals surface area contributed by atoms with Gasteiger partial charge in [-0.05, 0) is 24.3 Å². The lowest BCUT2D eigenvalue weighted by atomic mass is 10.2. The van der Waals surface area contributed by atoms with Gasteiger partial charge in [-0.1, -0.05) is 0 Å². The van der Waals surface area contributed by atoms with Gasteiger partial charge in [-0.25, -0.2) is 9.78 Å². The number of halogens is 3. The van der Waals surface area contributed by atoms with Crippen LogP contribution in [0, 0.1) is 0 Å². The molecule has 0 aliphatic heterocycles. The van der Waals surface area contributed by atoms with Gasteiger partial charge in [-0.2, -0.15) is 18.2 Å². The molecule has 0 aliphatic rings. The largest absolute Gasteiger partial charge is 0.478 e. The predicted octanol–water partition coefficient (Wildman–Crippen LogP) is 2.49. The molecule has 0 bridgehead atoms. The Morgan fingerprint density at radius 3 is 2.37 bits per heavy atom. The van der Waals surface area contributed by atoms with Gasteiger partial charge < -0.3 is 21.1 Å². The average molecular weight is 383 g/mol. The van der Waals surface area contributed by atoms with Crippen LogP contribution in [-0.2, 0) is 11.0 Å². The second kappa shape index (κ2) is 8.34. The number of rotatable bonds is 7. The van der Waals surface area contributed by atoms with Gasteiger partial charge in [-0.15, -0.1) is 0 Å². The summed E-state index contributed by atoms with van der Waals surface area (Å²) >= 11 is 0. The summed E-state index contributed by atoms with van der Waals surface area (Å²) in [6.07, 6.45) is -4.01. The van der Waals surface area contributed by atoms with Gasteiger partial charge in [0.2, 0.25) is 11.9 Å². The third kappa shape index (κ3) is 5.83. The Labute approximate surface area is 151 Å². The normalized spacial score (nSPS) is 11.0. The van der Waals surface area contributed by atoms with Crippen molar-refractivity contribution in [3.63, 3.8) is 0 Å². The van der Waals surface area contributed by atoms with E-state index in [1.165, 1.54) is 31.2 Å². The van der Waals surface area contributed by atoms with Crippen molar-refractivity contribution in [1.29, 1.82) is 0 Å². The number of hydrogen-bond acceptors (Lipinski definition) is 6. The molecule has 27 heavy (non-hydrogen) atoms. The summed E-state index contributed by atoms with van der Waals surface area (Å²) in [7, 11) is 0. The maximum Gasteiger partial charge on any atom is 0.421 e. The van der Waals surface area contributed by atoms with Crippen molar-refractivity contribution in [3.05, 3.63) is 41.6 Å². The number of hydrogen-bond donors (Lipinski definition) is 4. The number of anilines is 3. The van der Waals surface area contributed by atoms with Crippen molar-refractivity contribution < 1.29 is 27.9 Å². The fraction of sp³-hybridized carbons (Fsp3) is 0.250. The molecule has 2 aromatic rings. The van der Waals surface area contributed by atoms with E-state index in [0.29, 0.717) is 11.9 Å². The number of nitrogens with zero attached hydrogens (tertiary/aromatic N) is 2. The number of carboxylic acids is 1. The lowest BCUT2D eigenvalue weighted by Crippen LogP contribution is -2.27. The van der Waals surface area contributed by atoms with Crippen LogP contribution in [-0.4, -0.2) is 40.0 Å². The van der Waals surface area contributed by atoms with Gasteiger partial charge in [0.05, 0.1) is 5.56 Å². The Bertz CT molecular complexity index is 825. The third-order valence-electron chi connectivity index (χ3n) is 3.27. The van der Waals surface area contributed by atoms with E-state index >= 15 is 0 Å². The van der Waals surface area contributed by atoms with Gasteiger partial charge in [0.1, 0.15) is 11.4 Å². The summed E-state index contributed by atoms with van der Waals surface area (Å²) in [6, 6.07) is 5.55. The summed E-state index contributed by atoms with van der Waals surface area (Å²) in [6.45, 7) is 1.45. The number of carbonyl (C=O) groups is 2. The second-order valence-corrected chi connectivity index (χ2v) is 5.37. The molecule has 1 amide bonds. The molecule has 0 aliphatic carbocycles. The maximum atomic E-state index is 13.1. The Morgan fingerprint density at radius 2 is 1.81 bits per heavy atom. The minimum atomic E-state index is -4.65. The van der Waals surface area contributed by atoms with Crippen molar-refractivity contribution >= 4 is 29.3 Å². The zero-order chi connectivity index (χ0) is 20.0. The number of aromatic carboxylic acids is 1. The minimum Gasteiger partial charge on any atom is -0.478 e. The van der Waals surface area contributed by atoms with Crippen LogP contribution in [0.25, 0.3) is 0 Å². The van der Waals surface area contributed by atoms with Gasteiger partial charge in [0.25, 0.3) is 0 Å². The van der Waals surface area contributed by atoms with E-state index in [0.717, 1.165) is 0 Å². The lowest BCUT2D eigenvalue weighted by molar-refractivity contribution is -0.137. The van der Waals surface area contributed by atoms with Crippen molar-refractivity contribution in [2.45, 2.75) is 13.1 Å². The second-order valence-electron chi connectivity index (χ2n) is 5.37. The molecule has 1 aromatic carbocycles. The smallest absolute Gasteiger partial charge is 0.421 e. The Morgan fingerprint density at radius 1 is 1.15 bits per heavy atom. The number of amides is 1. The maximum absolute atomic E-state index is 13.1. The first-order valence-corrected chi connectivity index (χ1v) is 7.69. The van der Waals surface area contributed by atoms with E-state index in [9.17, 15) is 22.8 Å². The van der Waals surface area contributed by atoms with Crippen LogP contribution in [0.3, 0.4) is 0 Å². The predicted molar refractivity (Wildman–Crippen MR) is 90.9 cm³/mol. The van der Waals surface area contributed by atoms with Crippen LogP contribution < -0.4 is 16.0 Å². The standard InChI is InChI=1S/C16H16F3N5O3/c1-9(25)20-6-7-21-13-12(16(17,18)19)8-22-15(24-13)23-11-4-2-10(3-5-11)14(26)27/h2-5,8H,6-7H2,1H3,(H,20,25)(H,26,27)(H2,21,22,23,24). The first-order valence-electron chi connectivity index (χ1n) is 7.69. The monoisotopic (exact) mass is 383 g/mol. The van der Waals surface area contributed by atoms with Crippen LogP contribution in [0.15, 0.2) is 30.5 Å². The van der Waals surface area contributed by atoms with Crippen LogP contribution in [0.5, 0.6) is 0 Å². The summed E-state index contributed by atoms with van der Waals surface area (Å²) < 4.78 is 39.3. The highest BCUT2D eigenvalue weighted by atomic mass is 19.4. The van der Waals surface area contributed by atoms with Crippen molar-refractivity contribution in [2.75, 3.05) is 23.7 Å². The summed E-state index contributed by atoms with van der Waals surface area (Å²) in [4.78, 5) is 29.1. The summed E-state index contributed by atoms with van der Waals surface area (Å²) in [5.41, 5.74) is -0.574. The highest BCUT2D eigenvalue weighted by Crippen LogP contribution is 2.34. The van der Waals surface area contributed by atoms with Crippen LogP contribution in [0.2, 0.25) is 0 Å². The minimum absolute atomic E-state index is 0.0341. The molecular formula is C16H16F3N5O3. The number of nitrogens with one attached hydrogen (secondary N) is 3. The molecule has 1 heterocycles. The fourth-order valence-electron chi connectivity index (χ4n) is 2.03. The SMILES string of the molecule is CC(=O)NCCNc1nc(Nc2ccc(C(=O)O)cc2)ncc1C(F)(F)F. The number of carbonyl (C=O) groups excluding carboxylic acids is 1. The van der Waals surface area contributed by atoms with E-state index in [4.69, 9.17) is 5.11 Å². The van der Waals surface area contributed by atoms with Crippen LogP contribution >= 0.6 is 0 Å². The van der Waals surface area contributed by atoms with E-state index in [1.54, 1.807) is 0 Å². The highest BCUT2D eigenvalue weighted by molar-refractivity contribution is 5.88. The summed E-state index contributed by atoms with van der Waals surface area (Å²) in [5, 5.41) is 16.5. The Balaban J connectivity index is 2.18. The highest BCUT2D eigenvalue weighted by Gasteiger charge is 2.35. The summed E-state index contributed by atoms with van der Waals surface area (Å²) in [5.74, 6) is -1.94. The molecule has 11 heteroatoms. The molecule has 4 N–H and O–H groups in total. The third-order valence-corrected chi connectivity index (χ3v) is 3.27. The van der Waals surface area contributed by atoms with Crippen molar-refractivity contribution in [1.82, 2.24) is 15.3 Å². The van der Waals surface area contributed by atoms with E-state index < -0.39 is 23.5 Å². The number of carboxylic acid groups (broad SMARTS) is 1. The molecule has 0 saturated carbocycles. The Hall–Kier alpha value is -3.37. The van der Waals surface area contributed by atoms with Crippen LogP contribution in [0.1, 0.15) is 22.8 Å². The van der Waals surface area contributed by atoms with E-state index in [1.807, 2.05) is 0 Å². The molecule has 0 spiro atoms.